The molecular weight excluding hydrogens is 342 g/mol. The van der Waals surface area contributed by atoms with Crippen LogP contribution in [0.3, 0.4) is 0 Å². The summed E-state index contributed by atoms with van der Waals surface area (Å²) >= 11 is 0. The molecule has 138 valence electrons. The minimum atomic E-state index is -0.380. The number of rotatable bonds is 8. The van der Waals surface area contributed by atoms with Crippen LogP contribution in [0.15, 0.2) is 54.6 Å². The van der Waals surface area contributed by atoms with Crippen molar-refractivity contribution in [2.75, 3.05) is 26.2 Å². The summed E-state index contributed by atoms with van der Waals surface area (Å²) in [4.78, 5) is 38.2. The van der Waals surface area contributed by atoms with E-state index < -0.39 is 0 Å². The molecule has 0 aliphatic carbocycles. The number of carbonyl (C=O) groups excluding carboxylic acids is 3. The van der Waals surface area contributed by atoms with Gasteiger partial charge in [0.05, 0.1) is 6.54 Å². The lowest BCUT2D eigenvalue weighted by Crippen LogP contribution is -2.42. The minimum Gasteiger partial charge on any atom is -0.353 e. The molecule has 0 saturated carbocycles. The zero-order valence-corrected chi connectivity index (χ0v) is 14.9. The summed E-state index contributed by atoms with van der Waals surface area (Å²) < 4.78 is 0. The highest BCUT2D eigenvalue weighted by atomic mass is 16.2. The van der Waals surface area contributed by atoms with Crippen LogP contribution in [0.1, 0.15) is 26.3 Å². The average Bonchev–Trinajstić information content (AvgIpc) is 2.71. The molecule has 6 nitrogen and oxygen atoms in total. The Bertz CT molecular complexity index is 839. The maximum Gasteiger partial charge on any atom is 0.255 e. The molecule has 0 aliphatic heterocycles. The number of nitrogens with zero attached hydrogens (tertiary/aromatic N) is 1. The predicted octanol–water partition coefficient (Wildman–Crippen LogP) is 1.07. The zero-order valence-electron chi connectivity index (χ0n) is 14.9. The smallest absolute Gasteiger partial charge is 0.255 e. The molecule has 0 aromatic heterocycles. The van der Waals surface area contributed by atoms with Gasteiger partial charge >= 0.3 is 0 Å². The Labute approximate surface area is 158 Å². The molecule has 2 aromatic carbocycles. The Morgan fingerprint density at radius 2 is 1.56 bits per heavy atom. The lowest BCUT2D eigenvalue weighted by molar-refractivity contribution is -0.121. The Hall–Kier alpha value is -3.43. The first-order chi connectivity index (χ1) is 13.1. The van der Waals surface area contributed by atoms with Gasteiger partial charge in [-0.2, -0.15) is 0 Å². The van der Waals surface area contributed by atoms with Crippen LogP contribution in [0, 0.1) is 12.3 Å². The van der Waals surface area contributed by atoms with Crippen molar-refractivity contribution in [1.82, 2.24) is 10.2 Å². The van der Waals surface area contributed by atoms with E-state index in [9.17, 15) is 14.4 Å². The lowest BCUT2D eigenvalue weighted by Gasteiger charge is -2.20. The SMILES string of the molecule is C#CCN(CC(=O)NCCN)C(=O)c1ccc(C(=O)c2ccccc2)cc1. The Morgan fingerprint density at radius 3 is 2.15 bits per heavy atom. The van der Waals surface area contributed by atoms with Gasteiger partial charge in [-0.3, -0.25) is 14.4 Å². The van der Waals surface area contributed by atoms with Gasteiger partial charge in [0, 0.05) is 29.8 Å². The Morgan fingerprint density at radius 1 is 0.963 bits per heavy atom. The van der Waals surface area contributed by atoms with E-state index >= 15 is 0 Å². The van der Waals surface area contributed by atoms with Gasteiger partial charge in [-0.25, -0.2) is 0 Å². The monoisotopic (exact) mass is 363 g/mol. The van der Waals surface area contributed by atoms with Gasteiger partial charge in [0.1, 0.15) is 6.54 Å². The van der Waals surface area contributed by atoms with Gasteiger partial charge in [0.2, 0.25) is 5.91 Å². The molecule has 2 aromatic rings. The van der Waals surface area contributed by atoms with Gasteiger partial charge in [-0.15, -0.1) is 6.42 Å². The van der Waals surface area contributed by atoms with Crippen molar-refractivity contribution in [1.29, 1.82) is 0 Å². The lowest BCUT2D eigenvalue weighted by atomic mass is 10.0. The fourth-order valence-corrected chi connectivity index (χ4v) is 2.45. The Kier molecular flexibility index (Phi) is 7.29. The molecule has 0 fully saturated rings. The number of nitrogens with one attached hydrogen (secondary N) is 1. The van der Waals surface area contributed by atoms with Crippen LogP contribution in [0.5, 0.6) is 0 Å². The maximum atomic E-state index is 12.6. The molecule has 0 aliphatic rings. The second-order valence-electron chi connectivity index (χ2n) is 5.78. The predicted molar refractivity (Wildman–Crippen MR) is 103 cm³/mol. The molecule has 0 heterocycles. The molecule has 0 atom stereocenters. The van der Waals surface area contributed by atoms with Crippen LogP contribution in [-0.2, 0) is 4.79 Å². The second-order valence-corrected chi connectivity index (χ2v) is 5.78. The first-order valence-electron chi connectivity index (χ1n) is 8.46. The van der Waals surface area contributed by atoms with Crippen LogP contribution in [0.2, 0.25) is 0 Å². The third-order valence-electron chi connectivity index (χ3n) is 3.80. The summed E-state index contributed by atoms with van der Waals surface area (Å²) in [6, 6.07) is 15.2. The molecule has 0 unspecified atom stereocenters. The van der Waals surface area contributed by atoms with Gasteiger partial charge in [0.15, 0.2) is 5.78 Å². The molecule has 3 N–H and O–H groups in total. The van der Waals surface area contributed by atoms with Crippen LogP contribution in [0.25, 0.3) is 0 Å². The van der Waals surface area contributed by atoms with Crippen molar-refractivity contribution >= 4 is 17.6 Å². The van der Waals surface area contributed by atoms with Crippen LogP contribution in [0.4, 0.5) is 0 Å². The summed E-state index contributed by atoms with van der Waals surface area (Å²) in [6.07, 6.45) is 5.31. The number of terminal acetylenes is 1. The summed E-state index contributed by atoms with van der Waals surface area (Å²) in [5, 5.41) is 2.60. The van der Waals surface area contributed by atoms with Crippen LogP contribution >= 0.6 is 0 Å². The van der Waals surface area contributed by atoms with Crippen LogP contribution < -0.4 is 11.1 Å². The largest absolute Gasteiger partial charge is 0.353 e. The molecule has 6 heteroatoms. The van der Waals surface area contributed by atoms with Gasteiger partial charge in [-0.1, -0.05) is 48.4 Å². The summed E-state index contributed by atoms with van der Waals surface area (Å²) in [5.74, 6) is 1.54. The summed E-state index contributed by atoms with van der Waals surface area (Å²) in [7, 11) is 0. The van der Waals surface area contributed by atoms with Crippen molar-refractivity contribution in [3.63, 3.8) is 0 Å². The van der Waals surface area contributed by atoms with Crippen LogP contribution in [-0.4, -0.2) is 48.7 Å². The average molecular weight is 363 g/mol. The van der Waals surface area contributed by atoms with Crippen molar-refractivity contribution in [2.45, 2.75) is 0 Å². The molecule has 2 rings (SSSR count). The van der Waals surface area contributed by atoms with E-state index in [1.165, 1.54) is 4.90 Å². The van der Waals surface area contributed by atoms with E-state index in [-0.39, 0.29) is 30.7 Å². The fraction of sp³-hybridized carbons (Fsp3) is 0.190. The number of hydrogen-bond acceptors (Lipinski definition) is 4. The fourth-order valence-electron chi connectivity index (χ4n) is 2.45. The number of amides is 2. The summed E-state index contributed by atoms with van der Waals surface area (Å²) in [6.45, 7) is 0.478. The molecule has 0 radical (unpaired) electrons. The molecule has 27 heavy (non-hydrogen) atoms. The number of carbonyl (C=O) groups is 3. The molecule has 2 amide bonds. The third-order valence-corrected chi connectivity index (χ3v) is 3.80. The van der Waals surface area contributed by atoms with Crippen molar-refractivity contribution in [2.24, 2.45) is 5.73 Å². The van der Waals surface area contributed by atoms with Gasteiger partial charge in [0.25, 0.3) is 5.91 Å². The Balaban J connectivity index is 2.11. The highest BCUT2D eigenvalue weighted by Crippen LogP contribution is 2.12. The van der Waals surface area contributed by atoms with Crippen molar-refractivity contribution in [3.8, 4) is 12.3 Å². The standard InChI is InChI=1S/C21H21N3O3/c1-2-14-24(15-19(25)23-13-12-22)21(27)18-10-8-17(9-11-18)20(26)16-6-4-3-5-7-16/h1,3-11H,12-15,22H2,(H,23,25). The highest BCUT2D eigenvalue weighted by Gasteiger charge is 2.18. The highest BCUT2D eigenvalue weighted by molar-refractivity contribution is 6.09. The van der Waals surface area contributed by atoms with E-state index in [2.05, 4.69) is 11.2 Å². The number of nitrogens with two attached hydrogens (primary N) is 1. The first-order valence-corrected chi connectivity index (χ1v) is 8.46. The zero-order chi connectivity index (χ0) is 19.6. The van der Waals surface area contributed by atoms with E-state index in [0.717, 1.165) is 0 Å². The number of ketones is 1. The van der Waals surface area contributed by atoms with Gasteiger partial charge in [-0.05, 0) is 12.1 Å². The normalized spacial score (nSPS) is 9.93. The second kappa shape index (κ2) is 9.90. The van der Waals surface area contributed by atoms with Gasteiger partial charge < -0.3 is 16.0 Å². The van der Waals surface area contributed by atoms with E-state index in [1.807, 2.05) is 6.07 Å². The van der Waals surface area contributed by atoms with E-state index in [1.54, 1.807) is 48.5 Å². The first kappa shape index (κ1) is 19.9. The minimum absolute atomic E-state index is 0.000421. The maximum absolute atomic E-state index is 12.6. The van der Waals surface area contributed by atoms with E-state index in [0.29, 0.717) is 29.8 Å². The van der Waals surface area contributed by atoms with E-state index in [4.69, 9.17) is 12.2 Å². The topological polar surface area (TPSA) is 92.5 Å². The van der Waals surface area contributed by atoms with Crippen molar-refractivity contribution < 1.29 is 14.4 Å². The molecular formula is C21H21N3O3. The van der Waals surface area contributed by atoms with Crippen molar-refractivity contribution in [3.05, 3.63) is 71.3 Å². The molecule has 0 saturated heterocycles. The summed E-state index contributed by atoms with van der Waals surface area (Å²) in [5.41, 5.74) is 6.74. The number of benzene rings is 2. The quantitative estimate of drug-likeness (QED) is 0.542. The molecule has 0 spiro atoms. The molecule has 0 bridgehead atoms. The number of hydrogen-bond donors (Lipinski definition) is 2. The third kappa shape index (κ3) is 5.53.